The van der Waals surface area contributed by atoms with Gasteiger partial charge in [-0.1, -0.05) is 49.2 Å². The number of H-pyrrole nitrogens is 1. The minimum Gasteiger partial charge on any atom is -0.309 e. The normalized spacial score (nSPS) is 16.0. The summed E-state index contributed by atoms with van der Waals surface area (Å²) in [5.74, 6) is 0. The van der Waals surface area contributed by atoms with Gasteiger partial charge in [-0.2, -0.15) is 4.68 Å². The first-order valence-electron chi connectivity index (χ1n) is 9.86. The average molecular weight is 395 g/mol. The predicted octanol–water partition coefficient (Wildman–Crippen LogP) is 4.29. The van der Waals surface area contributed by atoms with Gasteiger partial charge in [0.25, 0.3) is 11.1 Å². The molecule has 3 heterocycles. The van der Waals surface area contributed by atoms with Crippen LogP contribution in [0.5, 0.6) is 0 Å². The highest BCUT2D eigenvalue weighted by Gasteiger charge is 2.22. The van der Waals surface area contributed by atoms with Crippen molar-refractivity contribution in [1.29, 1.82) is 0 Å². The van der Waals surface area contributed by atoms with E-state index >= 15 is 0 Å². The Kier molecular flexibility index (Phi) is 4.19. The summed E-state index contributed by atoms with van der Waals surface area (Å²) in [6, 6.07) is 9.57. The Morgan fingerprint density at radius 3 is 2.61 bits per heavy atom. The van der Waals surface area contributed by atoms with Crippen LogP contribution in [0, 0.1) is 6.92 Å². The van der Waals surface area contributed by atoms with Crippen LogP contribution in [0.2, 0.25) is 0 Å². The molecule has 0 spiro atoms. The van der Waals surface area contributed by atoms with Crippen molar-refractivity contribution in [1.82, 2.24) is 19.3 Å². The topological polar surface area (TPSA) is 72.7 Å². The molecule has 144 valence electrons. The zero-order chi connectivity index (χ0) is 19.3. The highest BCUT2D eigenvalue weighted by atomic mass is 32.1. The van der Waals surface area contributed by atoms with Gasteiger partial charge in [0, 0.05) is 17.8 Å². The average Bonchev–Trinajstić information content (AvgIpc) is 3.13. The maximum atomic E-state index is 13.2. The highest BCUT2D eigenvalue weighted by Crippen LogP contribution is 2.29. The number of aromatic amines is 1. The van der Waals surface area contributed by atoms with Crippen LogP contribution in [0.3, 0.4) is 0 Å². The van der Waals surface area contributed by atoms with Gasteiger partial charge in [0.15, 0.2) is 0 Å². The Bertz CT molecular complexity index is 1250. The maximum absolute atomic E-state index is 13.2. The SMILES string of the molecule is Cc1c2c(=O)n(-c3nc4ccccc4s3)[nH]c2cc(=O)n1C1CCCCCC1. The van der Waals surface area contributed by atoms with Crippen LogP contribution in [0.15, 0.2) is 39.9 Å². The van der Waals surface area contributed by atoms with E-state index in [0.717, 1.165) is 41.6 Å². The van der Waals surface area contributed by atoms with E-state index in [0.29, 0.717) is 16.0 Å². The van der Waals surface area contributed by atoms with E-state index in [1.165, 1.54) is 28.9 Å². The summed E-state index contributed by atoms with van der Waals surface area (Å²) in [4.78, 5) is 30.7. The van der Waals surface area contributed by atoms with E-state index in [1.54, 1.807) is 6.07 Å². The van der Waals surface area contributed by atoms with Crippen molar-refractivity contribution in [3.8, 4) is 5.13 Å². The van der Waals surface area contributed by atoms with Gasteiger partial charge in [0.1, 0.15) is 0 Å². The highest BCUT2D eigenvalue weighted by molar-refractivity contribution is 7.20. The van der Waals surface area contributed by atoms with Crippen molar-refractivity contribution in [2.45, 2.75) is 51.5 Å². The number of pyridine rings is 1. The molecule has 0 unspecified atom stereocenters. The number of para-hydroxylation sites is 1. The molecule has 0 aliphatic heterocycles. The Morgan fingerprint density at radius 1 is 1.11 bits per heavy atom. The Balaban J connectivity index is 1.70. The molecule has 1 fully saturated rings. The molecule has 1 saturated carbocycles. The van der Waals surface area contributed by atoms with Crippen LogP contribution in [0.4, 0.5) is 0 Å². The summed E-state index contributed by atoms with van der Waals surface area (Å²) in [6.45, 7) is 1.90. The van der Waals surface area contributed by atoms with Gasteiger partial charge in [-0.3, -0.25) is 14.7 Å². The van der Waals surface area contributed by atoms with Crippen LogP contribution in [0.1, 0.15) is 50.3 Å². The quantitative estimate of drug-likeness (QED) is 0.515. The molecule has 1 aliphatic carbocycles. The van der Waals surface area contributed by atoms with Crippen molar-refractivity contribution in [3.63, 3.8) is 0 Å². The van der Waals surface area contributed by atoms with Crippen LogP contribution >= 0.6 is 11.3 Å². The fourth-order valence-electron chi connectivity index (χ4n) is 4.45. The lowest BCUT2D eigenvalue weighted by Gasteiger charge is -2.20. The number of benzene rings is 1. The molecule has 0 atom stereocenters. The number of aryl methyl sites for hydroxylation is 1. The summed E-state index contributed by atoms with van der Waals surface area (Å²) < 4.78 is 4.35. The van der Waals surface area contributed by atoms with Gasteiger partial charge in [0.2, 0.25) is 5.13 Å². The third-order valence-corrected chi connectivity index (χ3v) is 6.83. The van der Waals surface area contributed by atoms with Gasteiger partial charge >= 0.3 is 0 Å². The fourth-order valence-corrected chi connectivity index (χ4v) is 5.37. The van der Waals surface area contributed by atoms with Crippen LogP contribution in [0.25, 0.3) is 26.3 Å². The summed E-state index contributed by atoms with van der Waals surface area (Å²) in [6.07, 6.45) is 6.73. The van der Waals surface area contributed by atoms with Crippen LogP contribution < -0.4 is 11.1 Å². The standard InChI is InChI=1S/C21H22N4O2S/c1-13-19-16(12-18(26)24(13)14-8-4-2-3-5-9-14)23-25(20(19)27)21-22-15-10-6-7-11-17(15)28-21/h6-7,10-12,14,23H,2-5,8-9H2,1H3. The molecule has 0 bridgehead atoms. The van der Waals surface area contributed by atoms with Crippen molar-refractivity contribution >= 4 is 32.5 Å². The molecule has 0 radical (unpaired) electrons. The maximum Gasteiger partial charge on any atom is 0.282 e. The number of nitrogens with zero attached hydrogens (tertiary/aromatic N) is 3. The first-order chi connectivity index (χ1) is 13.6. The molecule has 28 heavy (non-hydrogen) atoms. The van der Waals surface area contributed by atoms with E-state index in [4.69, 9.17) is 0 Å². The molecule has 3 aromatic heterocycles. The van der Waals surface area contributed by atoms with Crippen LogP contribution in [-0.2, 0) is 0 Å². The lowest BCUT2D eigenvalue weighted by Crippen LogP contribution is -2.27. The number of nitrogens with one attached hydrogen (secondary N) is 1. The number of hydrogen-bond acceptors (Lipinski definition) is 4. The van der Waals surface area contributed by atoms with E-state index in [9.17, 15) is 9.59 Å². The van der Waals surface area contributed by atoms with Gasteiger partial charge in [-0.05, 0) is 31.9 Å². The first kappa shape index (κ1) is 17.4. The number of rotatable bonds is 2. The number of thiazole rings is 1. The van der Waals surface area contributed by atoms with E-state index in [-0.39, 0.29) is 17.2 Å². The van der Waals surface area contributed by atoms with Crippen molar-refractivity contribution in [2.75, 3.05) is 0 Å². The van der Waals surface area contributed by atoms with Gasteiger partial charge < -0.3 is 4.57 Å². The zero-order valence-corrected chi connectivity index (χ0v) is 16.6. The third kappa shape index (κ3) is 2.73. The molecule has 0 saturated heterocycles. The second kappa shape index (κ2) is 6.74. The largest absolute Gasteiger partial charge is 0.309 e. The monoisotopic (exact) mass is 394 g/mol. The lowest BCUT2D eigenvalue weighted by atomic mass is 10.1. The molecular weight excluding hydrogens is 372 g/mol. The lowest BCUT2D eigenvalue weighted by molar-refractivity contribution is 0.426. The molecule has 1 aromatic carbocycles. The van der Waals surface area contributed by atoms with E-state index in [2.05, 4.69) is 10.1 Å². The minimum atomic E-state index is -0.145. The molecular formula is C21H22N4O2S. The Labute approximate surface area is 165 Å². The van der Waals surface area contributed by atoms with Gasteiger partial charge in [-0.15, -0.1) is 0 Å². The number of aromatic nitrogens is 4. The van der Waals surface area contributed by atoms with Crippen molar-refractivity contribution in [2.24, 2.45) is 0 Å². The Hall–Kier alpha value is -2.67. The third-order valence-electron chi connectivity index (χ3n) is 5.81. The molecule has 6 nitrogen and oxygen atoms in total. The summed E-state index contributed by atoms with van der Waals surface area (Å²) in [7, 11) is 0. The minimum absolute atomic E-state index is 0.0328. The number of hydrogen-bond donors (Lipinski definition) is 1. The second-order valence-electron chi connectivity index (χ2n) is 7.59. The van der Waals surface area contributed by atoms with Gasteiger partial charge in [0.05, 0.1) is 21.1 Å². The predicted molar refractivity (Wildman–Crippen MR) is 113 cm³/mol. The van der Waals surface area contributed by atoms with E-state index < -0.39 is 0 Å². The Morgan fingerprint density at radius 2 is 1.86 bits per heavy atom. The molecule has 7 heteroatoms. The summed E-state index contributed by atoms with van der Waals surface area (Å²) >= 11 is 1.46. The smallest absolute Gasteiger partial charge is 0.282 e. The van der Waals surface area contributed by atoms with Crippen molar-refractivity contribution in [3.05, 3.63) is 56.7 Å². The zero-order valence-electron chi connectivity index (χ0n) is 15.8. The molecule has 4 aromatic rings. The fraction of sp³-hybridized carbons (Fsp3) is 0.381. The van der Waals surface area contributed by atoms with Gasteiger partial charge in [-0.25, -0.2) is 4.98 Å². The van der Waals surface area contributed by atoms with Crippen molar-refractivity contribution < 1.29 is 0 Å². The summed E-state index contributed by atoms with van der Waals surface area (Å²) in [5.41, 5.74) is 2.03. The number of fused-ring (bicyclic) bond motifs is 2. The molecule has 1 aliphatic rings. The second-order valence-corrected chi connectivity index (χ2v) is 8.60. The van der Waals surface area contributed by atoms with E-state index in [1.807, 2.05) is 35.8 Å². The summed E-state index contributed by atoms with van der Waals surface area (Å²) in [5, 5.41) is 4.28. The first-order valence-corrected chi connectivity index (χ1v) is 10.7. The molecule has 1 N–H and O–H groups in total. The molecule has 0 amide bonds. The molecule has 5 rings (SSSR count). The van der Waals surface area contributed by atoms with Crippen LogP contribution in [-0.4, -0.2) is 19.3 Å².